The molecule has 1 aromatic rings. The van der Waals surface area contributed by atoms with Gasteiger partial charge in [-0.3, -0.25) is 29.8 Å². The van der Waals surface area contributed by atoms with Crippen LogP contribution in [0.5, 0.6) is 0 Å². The number of benzene rings is 1. The molecular weight excluding hydrogens is 376 g/mol. The maximum absolute atomic E-state index is 12.4. The topological polar surface area (TPSA) is 156 Å². The Bertz CT molecular complexity index is 742. The fraction of sp³-hybridized carbons (Fsp3) is 0.471. The molecular formula is C17H20N2O9. The molecule has 3 unspecified atom stereocenters. The first kappa shape index (κ1) is 22.7. The largest absolute Gasteiger partial charge is 0.465 e. The molecule has 0 heterocycles. The molecule has 0 N–H and O–H groups in total. The molecule has 11 heteroatoms. The fourth-order valence-electron chi connectivity index (χ4n) is 2.79. The number of ketones is 1. The van der Waals surface area contributed by atoms with Crippen molar-refractivity contribution >= 4 is 23.4 Å². The summed E-state index contributed by atoms with van der Waals surface area (Å²) in [4.78, 5) is 57.9. The number of ether oxygens (including phenoxy) is 2. The number of carbonyl (C=O) groups is 3. The van der Waals surface area contributed by atoms with Gasteiger partial charge in [0.05, 0.1) is 24.1 Å². The lowest BCUT2D eigenvalue weighted by molar-refractivity contribution is -0.515. The molecule has 0 saturated carbocycles. The molecule has 0 saturated heterocycles. The third-order valence-electron chi connectivity index (χ3n) is 3.90. The van der Waals surface area contributed by atoms with E-state index in [1.807, 2.05) is 0 Å². The van der Waals surface area contributed by atoms with Crippen molar-refractivity contribution in [1.82, 2.24) is 0 Å². The van der Waals surface area contributed by atoms with E-state index in [9.17, 15) is 34.6 Å². The van der Waals surface area contributed by atoms with Crippen molar-refractivity contribution in [3.8, 4) is 0 Å². The minimum Gasteiger partial charge on any atom is -0.465 e. The number of hydrogen-bond acceptors (Lipinski definition) is 9. The number of nitro benzene ring substituents is 1. The second kappa shape index (κ2) is 10.1. The Labute approximate surface area is 159 Å². The summed E-state index contributed by atoms with van der Waals surface area (Å²) in [7, 11) is 0. The molecule has 0 radical (unpaired) electrons. The van der Waals surface area contributed by atoms with Crippen molar-refractivity contribution in [1.29, 1.82) is 0 Å². The van der Waals surface area contributed by atoms with E-state index >= 15 is 0 Å². The number of carbonyl (C=O) groups excluding carboxylic acids is 3. The molecule has 0 bridgehead atoms. The summed E-state index contributed by atoms with van der Waals surface area (Å²) in [6, 6.07) is 2.49. The van der Waals surface area contributed by atoms with Crippen LogP contribution in [0.15, 0.2) is 24.3 Å². The van der Waals surface area contributed by atoms with Gasteiger partial charge in [0, 0.05) is 17.1 Å². The number of nitro groups is 2. The van der Waals surface area contributed by atoms with Crippen molar-refractivity contribution < 1.29 is 33.7 Å². The molecule has 28 heavy (non-hydrogen) atoms. The minimum atomic E-state index is -2.14. The van der Waals surface area contributed by atoms with Gasteiger partial charge in [-0.15, -0.1) is 0 Å². The Balaban J connectivity index is 3.68. The van der Waals surface area contributed by atoms with Crippen LogP contribution in [0.4, 0.5) is 5.69 Å². The maximum Gasteiger partial charge on any atom is 0.382 e. The van der Waals surface area contributed by atoms with Gasteiger partial charge in [-0.05, 0) is 26.3 Å². The van der Waals surface area contributed by atoms with Crippen molar-refractivity contribution in [3.05, 3.63) is 50.1 Å². The Hall–Kier alpha value is -3.37. The van der Waals surface area contributed by atoms with Crippen LogP contribution in [0.2, 0.25) is 0 Å². The highest BCUT2D eigenvalue weighted by atomic mass is 16.6. The lowest BCUT2D eigenvalue weighted by Gasteiger charge is -2.25. The number of hydrogen-bond donors (Lipinski definition) is 0. The van der Waals surface area contributed by atoms with E-state index in [1.165, 1.54) is 26.0 Å². The minimum absolute atomic E-state index is 0.0998. The molecule has 0 aliphatic heterocycles. The smallest absolute Gasteiger partial charge is 0.382 e. The van der Waals surface area contributed by atoms with Crippen LogP contribution in [-0.2, 0) is 23.9 Å². The van der Waals surface area contributed by atoms with Crippen molar-refractivity contribution in [3.63, 3.8) is 0 Å². The van der Waals surface area contributed by atoms with Gasteiger partial charge in [0.25, 0.3) is 5.69 Å². The molecule has 0 fully saturated rings. The quantitative estimate of drug-likeness (QED) is 0.248. The number of Topliss-reactive ketones (excluding diaryl/α,β-unsaturated/α-hetero) is 1. The molecule has 1 rings (SSSR count). The average Bonchev–Trinajstić information content (AvgIpc) is 2.61. The Morgan fingerprint density at radius 1 is 1.04 bits per heavy atom. The molecule has 0 spiro atoms. The highest BCUT2D eigenvalue weighted by Gasteiger charge is 2.50. The first-order chi connectivity index (χ1) is 13.1. The number of nitrogens with zero attached hydrogens (tertiary/aromatic N) is 2. The van der Waals surface area contributed by atoms with E-state index in [1.54, 1.807) is 0 Å². The predicted molar refractivity (Wildman–Crippen MR) is 94.1 cm³/mol. The van der Waals surface area contributed by atoms with Gasteiger partial charge in [0.1, 0.15) is 11.7 Å². The molecule has 152 valence electrons. The zero-order valence-electron chi connectivity index (χ0n) is 15.5. The van der Waals surface area contributed by atoms with Gasteiger partial charge in [0.15, 0.2) is 0 Å². The average molecular weight is 396 g/mol. The van der Waals surface area contributed by atoms with E-state index in [0.717, 1.165) is 19.1 Å². The molecule has 11 nitrogen and oxygen atoms in total. The number of non-ortho nitro benzene ring substituents is 1. The standard InChI is InChI=1S/C17H20N2O9/c1-4-27-16(21)13(10(3)20)14(15(19(25)26)17(22)28-5-2)11-7-6-8-12(9-11)18(23)24/h6-9,13-15H,4-5H2,1-3H3. The number of rotatable bonds is 10. The summed E-state index contributed by atoms with van der Waals surface area (Å²) in [5, 5.41) is 22.7. The normalized spacial score (nSPS) is 13.7. The van der Waals surface area contributed by atoms with Gasteiger partial charge < -0.3 is 9.47 Å². The van der Waals surface area contributed by atoms with Crippen LogP contribution in [0, 0.1) is 26.1 Å². The highest BCUT2D eigenvalue weighted by Crippen LogP contribution is 2.34. The van der Waals surface area contributed by atoms with Crippen LogP contribution in [0.25, 0.3) is 0 Å². The van der Waals surface area contributed by atoms with E-state index in [0.29, 0.717) is 0 Å². The SMILES string of the molecule is CCOC(=O)C(C(C)=O)C(c1cccc([N+](=O)[O-])c1)C(C(=O)OCC)[N+](=O)[O-]. The third kappa shape index (κ3) is 5.32. The van der Waals surface area contributed by atoms with E-state index in [-0.39, 0.29) is 18.8 Å². The van der Waals surface area contributed by atoms with Crippen LogP contribution >= 0.6 is 0 Å². The highest BCUT2D eigenvalue weighted by molar-refractivity contribution is 5.99. The molecule has 0 aliphatic carbocycles. The zero-order chi connectivity index (χ0) is 21.4. The van der Waals surface area contributed by atoms with Crippen LogP contribution in [0.3, 0.4) is 0 Å². The molecule has 0 aliphatic rings. The zero-order valence-corrected chi connectivity index (χ0v) is 15.5. The summed E-state index contributed by atoms with van der Waals surface area (Å²) in [6.45, 7) is 3.66. The van der Waals surface area contributed by atoms with Crippen LogP contribution < -0.4 is 0 Å². The lowest BCUT2D eigenvalue weighted by atomic mass is 9.78. The van der Waals surface area contributed by atoms with Crippen molar-refractivity contribution in [2.45, 2.75) is 32.7 Å². The van der Waals surface area contributed by atoms with Gasteiger partial charge in [-0.1, -0.05) is 12.1 Å². The molecule has 0 amide bonds. The summed E-state index contributed by atoms with van der Waals surface area (Å²) in [6.07, 6.45) is 0. The van der Waals surface area contributed by atoms with Crippen molar-refractivity contribution in [2.24, 2.45) is 5.92 Å². The Morgan fingerprint density at radius 3 is 2.07 bits per heavy atom. The van der Waals surface area contributed by atoms with Crippen LogP contribution in [0.1, 0.15) is 32.3 Å². The molecule has 1 aromatic carbocycles. The summed E-state index contributed by atoms with van der Waals surface area (Å²) in [5.41, 5.74) is -0.517. The van der Waals surface area contributed by atoms with Gasteiger partial charge in [-0.2, -0.15) is 0 Å². The predicted octanol–water partition coefficient (Wildman–Crippen LogP) is 1.66. The first-order valence-electron chi connectivity index (χ1n) is 8.37. The Morgan fingerprint density at radius 2 is 1.61 bits per heavy atom. The molecule has 3 atom stereocenters. The first-order valence-corrected chi connectivity index (χ1v) is 8.37. The number of esters is 2. The van der Waals surface area contributed by atoms with Gasteiger partial charge in [0.2, 0.25) is 0 Å². The van der Waals surface area contributed by atoms with Gasteiger partial charge >= 0.3 is 18.0 Å². The van der Waals surface area contributed by atoms with Crippen LogP contribution in [-0.4, -0.2) is 46.8 Å². The van der Waals surface area contributed by atoms with E-state index < -0.39 is 51.1 Å². The summed E-state index contributed by atoms with van der Waals surface area (Å²) >= 11 is 0. The van der Waals surface area contributed by atoms with Gasteiger partial charge in [-0.25, -0.2) is 4.79 Å². The third-order valence-corrected chi connectivity index (χ3v) is 3.90. The summed E-state index contributed by atoms with van der Waals surface area (Å²) in [5.74, 6) is -6.49. The van der Waals surface area contributed by atoms with E-state index in [4.69, 9.17) is 9.47 Å². The summed E-state index contributed by atoms with van der Waals surface area (Å²) < 4.78 is 9.58. The lowest BCUT2D eigenvalue weighted by Crippen LogP contribution is -2.45. The maximum atomic E-state index is 12.4. The monoisotopic (exact) mass is 396 g/mol. The van der Waals surface area contributed by atoms with Crippen molar-refractivity contribution in [2.75, 3.05) is 13.2 Å². The van der Waals surface area contributed by atoms with E-state index in [2.05, 4.69) is 0 Å². The molecule has 0 aromatic heterocycles. The second-order valence-corrected chi connectivity index (χ2v) is 5.70. The fourth-order valence-corrected chi connectivity index (χ4v) is 2.79. The Kier molecular flexibility index (Phi) is 8.17. The second-order valence-electron chi connectivity index (χ2n) is 5.70.